The standard InChI is InChI=1S/C7H11N5.C4H8O/c8-5-3-12(4-5)6-1-2-10-7(9)11-6;1-2-4-5-3-1/h1-2,5H,3-4,8H2,(H2,9,10,11);1-4H2. The molecular formula is C11H19N5O. The van der Waals surface area contributed by atoms with E-state index in [4.69, 9.17) is 16.2 Å². The van der Waals surface area contributed by atoms with Gasteiger partial charge in [-0.3, -0.25) is 0 Å². The summed E-state index contributed by atoms with van der Waals surface area (Å²) in [5.74, 6) is 1.18. The van der Waals surface area contributed by atoms with Gasteiger partial charge in [0.05, 0.1) is 0 Å². The van der Waals surface area contributed by atoms with Gasteiger partial charge in [-0.1, -0.05) is 0 Å². The highest BCUT2D eigenvalue weighted by Gasteiger charge is 2.23. The predicted molar refractivity (Wildman–Crippen MR) is 66.7 cm³/mol. The minimum Gasteiger partial charge on any atom is -0.381 e. The fraction of sp³-hybridized carbons (Fsp3) is 0.636. The molecule has 2 aliphatic heterocycles. The van der Waals surface area contributed by atoms with Gasteiger partial charge in [-0.25, -0.2) is 4.98 Å². The number of aromatic nitrogens is 2. The van der Waals surface area contributed by atoms with Gasteiger partial charge in [0.1, 0.15) is 5.82 Å². The summed E-state index contributed by atoms with van der Waals surface area (Å²) in [7, 11) is 0. The molecule has 6 nitrogen and oxygen atoms in total. The van der Waals surface area contributed by atoms with Crippen LogP contribution in [0.4, 0.5) is 11.8 Å². The first-order chi connectivity index (χ1) is 8.25. The van der Waals surface area contributed by atoms with Crippen LogP contribution in [0.5, 0.6) is 0 Å². The van der Waals surface area contributed by atoms with Crippen LogP contribution in [0.2, 0.25) is 0 Å². The lowest BCUT2D eigenvalue weighted by Gasteiger charge is -2.37. The second-order valence-electron chi connectivity index (χ2n) is 4.26. The Balaban J connectivity index is 0.000000181. The molecule has 4 N–H and O–H groups in total. The van der Waals surface area contributed by atoms with E-state index in [2.05, 4.69) is 14.9 Å². The molecule has 0 amide bonds. The third-order valence-corrected chi connectivity index (χ3v) is 2.72. The summed E-state index contributed by atoms with van der Waals surface area (Å²) in [6, 6.07) is 2.11. The van der Waals surface area contributed by atoms with Gasteiger partial charge in [0.25, 0.3) is 0 Å². The SMILES string of the molecule is C1CCOC1.Nc1nccc(N2CC(N)C2)n1. The van der Waals surface area contributed by atoms with E-state index in [9.17, 15) is 0 Å². The van der Waals surface area contributed by atoms with E-state index in [1.807, 2.05) is 6.07 Å². The first-order valence-corrected chi connectivity index (χ1v) is 5.92. The van der Waals surface area contributed by atoms with Crippen molar-refractivity contribution in [1.29, 1.82) is 0 Å². The number of nitrogens with two attached hydrogens (primary N) is 2. The molecule has 0 spiro atoms. The van der Waals surface area contributed by atoms with E-state index in [1.165, 1.54) is 12.8 Å². The molecule has 0 atom stereocenters. The smallest absolute Gasteiger partial charge is 0.221 e. The minimum absolute atomic E-state index is 0.279. The molecule has 1 aromatic rings. The summed E-state index contributed by atoms with van der Waals surface area (Å²) in [5.41, 5.74) is 11.1. The number of rotatable bonds is 1. The van der Waals surface area contributed by atoms with Gasteiger partial charge in [0.2, 0.25) is 5.95 Å². The summed E-state index contributed by atoms with van der Waals surface area (Å²) >= 11 is 0. The number of ether oxygens (including phenoxy) is 1. The van der Waals surface area contributed by atoms with Crippen LogP contribution >= 0.6 is 0 Å². The number of hydrogen-bond donors (Lipinski definition) is 2. The van der Waals surface area contributed by atoms with Gasteiger partial charge < -0.3 is 21.1 Å². The monoisotopic (exact) mass is 237 g/mol. The maximum absolute atomic E-state index is 5.63. The van der Waals surface area contributed by atoms with Crippen LogP contribution in [0.15, 0.2) is 12.3 Å². The third kappa shape index (κ3) is 3.54. The summed E-state index contributed by atoms with van der Waals surface area (Å²) in [5, 5.41) is 0. The lowest BCUT2D eigenvalue weighted by atomic mass is 10.1. The Bertz CT molecular complexity index is 342. The number of hydrogen-bond acceptors (Lipinski definition) is 6. The van der Waals surface area contributed by atoms with E-state index in [0.717, 1.165) is 32.1 Å². The quantitative estimate of drug-likeness (QED) is 0.714. The second-order valence-corrected chi connectivity index (χ2v) is 4.26. The molecule has 0 aromatic carbocycles. The molecule has 3 heterocycles. The molecule has 2 saturated heterocycles. The Labute approximate surface area is 101 Å². The normalized spacial score (nSPS) is 19.5. The average Bonchev–Trinajstić information content (AvgIpc) is 2.83. The summed E-state index contributed by atoms with van der Waals surface area (Å²) in [6.45, 7) is 3.72. The maximum Gasteiger partial charge on any atom is 0.221 e. The molecule has 0 bridgehead atoms. The van der Waals surface area contributed by atoms with Crippen molar-refractivity contribution in [2.75, 3.05) is 36.9 Å². The Morgan fingerprint density at radius 1 is 1.29 bits per heavy atom. The highest BCUT2D eigenvalue weighted by molar-refractivity contribution is 5.44. The molecule has 0 radical (unpaired) electrons. The lowest BCUT2D eigenvalue weighted by molar-refractivity contribution is 0.198. The third-order valence-electron chi connectivity index (χ3n) is 2.72. The predicted octanol–water partition coefficient (Wildman–Crippen LogP) is 0.00290. The largest absolute Gasteiger partial charge is 0.381 e. The van der Waals surface area contributed by atoms with E-state index < -0.39 is 0 Å². The van der Waals surface area contributed by atoms with Crippen molar-refractivity contribution in [3.63, 3.8) is 0 Å². The van der Waals surface area contributed by atoms with Gasteiger partial charge in [-0.05, 0) is 18.9 Å². The van der Waals surface area contributed by atoms with Gasteiger partial charge in [-0.2, -0.15) is 4.98 Å². The molecule has 6 heteroatoms. The Kier molecular flexibility index (Phi) is 4.11. The lowest BCUT2D eigenvalue weighted by Crippen LogP contribution is -2.56. The molecule has 17 heavy (non-hydrogen) atoms. The molecule has 3 rings (SSSR count). The summed E-state index contributed by atoms with van der Waals surface area (Å²) < 4.78 is 4.94. The summed E-state index contributed by atoms with van der Waals surface area (Å²) in [6.07, 6.45) is 4.21. The first-order valence-electron chi connectivity index (χ1n) is 5.92. The molecular weight excluding hydrogens is 218 g/mol. The van der Waals surface area contributed by atoms with Crippen LogP contribution in [-0.2, 0) is 4.74 Å². The van der Waals surface area contributed by atoms with Crippen molar-refractivity contribution in [2.24, 2.45) is 5.73 Å². The van der Waals surface area contributed by atoms with Crippen LogP contribution in [0.25, 0.3) is 0 Å². The number of anilines is 2. The molecule has 0 unspecified atom stereocenters. The van der Waals surface area contributed by atoms with Crippen molar-refractivity contribution in [1.82, 2.24) is 9.97 Å². The van der Waals surface area contributed by atoms with Crippen molar-refractivity contribution in [3.05, 3.63) is 12.3 Å². The maximum atomic E-state index is 5.63. The van der Waals surface area contributed by atoms with Crippen LogP contribution < -0.4 is 16.4 Å². The zero-order valence-electron chi connectivity index (χ0n) is 9.88. The zero-order valence-corrected chi connectivity index (χ0v) is 9.88. The Hall–Kier alpha value is -1.40. The molecule has 2 aliphatic rings. The highest BCUT2D eigenvalue weighted by Crippen LogP contribution is 2.16. The van der Waals surface area contributed by atoms with E-state index in [-0.39, 0.29) is 6.04 Å². The second kappa shape index (κ2) is 5.79. The van der Waals surface area contributed by atoms with Gasteiger partial charge in [0, 0.05) is 38.5 Å². The zero-order chi connectivity index (χ0) is 12.1. The Morgan fingerprint density at radius 2 is 2.00 bits per heavy atom. The molecule has 0 saturated carbocycles. The minimum atomic E-state index is 0.279. The Morgan fingerprint density at radius 3 is 2.47 bits per heavy atom. The van der Waals surface area contributed by atoms with E-state index >= 15 is 0 Å². The van der Waals surface area contributed by atoms with E-state index in [1.54, 1.807) is 6.20 Å². The van der Waals surface area contributed by atoms with Crippen molar-refractivity contribution < 1.29 is 4.74 Å². The van der Waals surface area contributed by atoms with Crippen molar-refractivity contribution in [2.45, 2.75) is 18.9 Å². The fourth-order valence-corrected chi connectivity index (χ4v) is 1.75. The van der Waals surface area contributed by atoms with Gasteiger partial charge in [0.15, 0.2) is 0 Å². The number of nitrogens with zero attached hydrogens (tertiary/aromatic N) is 3. The first kappa shape index (κ1) is 12.1. The van der Waals surface area contributed by atoms with Crippen LogP contribution in [0.3, 0.4) is 0 Å². The topological polar surface area (TPSA) is 90.3 Å². The number of nitrogen functional groups attached to an aromatic ring is 1. The molecule has 94 valence electrons. The fourth-order valence-electron chi connectivity index (χ4n) is 1.75. The van der Waals surface area contributed by atoms with Gasteiger partial charge >= 0.3 is 0 Å². The van der Waals surface area contributed by atoms with Crippen molar-refractivity contribution in [3.8, 4) is 0 Å². The molecule has 1 aromatic heterocycles. The molecule has 0 aliphatic carbocycles. The molecule has 2 fully saturated rings. The van der Waals surface area contributed by atoms with Crippen molar-refractivity contribution >= 4 is 11.8 Å². The van der Waals surface area contributed by atoms with Crippen LogP contribution in [-0.4, -0.2) is 42.3 Å². The highest BCUT2D eigenvalue weighted by atomic mass is 16.5. The van der Waals surface area contributed by atoms with E-state index in [0.29, 0.717) is 5.95 Å². The average molecular weight is 237 g/mol. The summed E-state index contributed by atoms with van der Waals surface area (Å²) in [4.78, 5) is 9.95. The van der Waals surface area contributed by atoms with Gasteiger partial charge in [-0.15, -0.1) is 0 Å². The van der Waals surface area contributed by atoms with Crippen LogP contribution in [0.1, 0.15) is 12.8 Å². The van der Waals surface area contributed by atoms with Crippen LogP contribution in [0, 0.1) is 0 Å².